The van der Waals surface area contributed by atoms with Crippen molar-refractivity contribution < 1.29 is 22.7 Å². The van der Waals surface area contributed by atoms with E-state index in [0.717, 1.165) is 5.56 Å². The third kappa shape index (κ3) is 4.83. The normalized spacial score (nSPS) is 12.9. The molecule has 0 spiro atoms. The number of methoxy groups -OCH3 is 1. The van der Waals surface area contributed by atoms with Gasteiger partial charge in [-0.25, -0.2) is 17.7 Å². The van der Waals surface area contributed by atoms with E-state index >= 15 is 0 Å². The van der Waals surface area contributed by atoms with E-state index in [4.69, 9.17) is 15.2 Å². The van der Waals surface area contributed by atoms with E-state index in [0.29, 0.717) is 46.7 Å². The summed E-state index contributed by atoms with van der Waals surface area (Å²) < 4.78 is 40.1. The monoisotopic (exact) mass is 536 g/mol. The van der Waals surface area contributed by atoms with Crippen LogP contribution in [0.5, 0.6) is 11.5 Å². The van der Waals surface area contributed by atoms with Gasteiger partial charge in [0, 0.05) is 17.6 Å². The van der Waals surface area contributed by atoms with Gasteiger partial charge in [0.15, 0.2) is 5.13 Å². The number of fused-ring (bicyclic) bond motifs is 1. The molecule has 0 aliphatic carbocycles. The van der Waals surface area contributed by atoms with Gasteiger partial charge < -0.3 is 20.1 Å². The van der Waals surface area contributed by atoms with Gasteiger partial charge in [-0.1, -0.05) is 24.3 Å². The summed E-state index contributed by atoms with van der Waals surface area (Å²) in [6.45, 7) is 0.883. The zero-order valence-corrected chi connectivity index (χ0v) is 21.5. The molecule has 1 aliphatic rings. The van der Waals surface area contributed by atoms with Gasteiger partial charge in [-0.3, -0.25) is 4.79 Å². The van der Waals surface area contributed by atoms with Crippen LogP contribution < -0.4 is 24.4 Å². The molecule has 1 aromatic heterocycles. The van der Waals surface area contributed by atoms with Gasteiger partial charge in [0.05, 0.1) is 42.0 Å². The topological polar surface area (TPSA) is 115 Å². The van der Waals surface area contributed by atoms with Crippen LogP contribution in [0.25, 0.3) is 0 Å². The number of aromatic nitrogens is 1. The van der Waals surface area contributed by atoms with Crippen molar-refractivity contribution in [2.24, 2.45) is 5.73 Å². The van der Waals surface area contributed by atoms with Crippen LogP contribution >= 0.6 is 11.3 Å². The van der Waals surface area contributed by atoms with Gasteiger partial charge in [-0.15, -0.1) is 11.3 Å². The highest BCUT2D eigenvalue weighted by atomic mass is 32.2. The number of para-hydroxylation sites is 1. The largest absolute Gasteiger partial charge is 0.497 e. The van der Waals surface area contributed by atoms with Crippen LogP contribution in [0.1, 0.15) is 15.9 Å². The van der Waals surface area contributed by atoms with Crippen molar-refractivity contribution in [2.45, 2.75) is 11.4 Å². The number of carbonyl (C=O) groups excluding carboxylic acids is 1. The lowest BCUT2D eigenvalue weighted by molar-refractivity contribution is 0.100. The van der Waals surface area contributed by atoms with Crippen LogP contribution in [0, 0.1) is 0 Å². The number of amides is 1. The molecule has 3 aromatic carbocycles. The van der Waals surface area contributed by atoms with E-state index in [-0.39, 0.29) is 11.4 Å². The standard InChI is InChI=1S/C26H24N4O5S2/c1-34-19-8-6-18(7-9-19)17-30(26-28-12-15-36-26)37(32,33)20-10-11-23-24(16-20)35-14-13-29(23)22-5-3-2-4-21(22)25(27)31/h2-12,15-16H,13-14,17H2,1H3,(H2,27,31). The van der Waals surface area contributed by atoms with Gasteiger partial charge in [-0.2, -0.15) is 0 Å². The molecule has 11 heteroatoms. The molecule has 4 aromatic rings. The minimum Gasteiger partial charge on any atom is -0.497 e. The number of benzene rings is 3. The number of anilines is 3. The number of hydrogen-bond acceptors (Lipinski definition) is 8. The maximum absolute atomic E-state index is 13.9. The Morgan fingerprint density at radius 3 is 2.62 bits per heavy atom. The third-order valence-corrected chi connectivity index (χ3v) is 8.60. The molecule has 0 saturated carbocycles. The molecule has 5 rings (SSSR count). The van der Waals surface area contributed by atoms with Gasteiger partial charge in [-0.05, 0) is 42.0 Å². The van der Waals surface area contributed by atoms with Crippen molar-refractivity contribution in [2.75, 3.05) is 29.5 Å². The second-order valence-electron chi connectivity index (χ2n) is 8.19. The Labute approximate surface area is 218 Å². The summed E-state index contributed by atoms with van der Waals surface area (Å²) in [6, 6.07) is 19.0. The number of ether oxygens (including phenoxy) is 2. The average Bonchev–Trinajstić information content (AvgIpc) is 3.46. The maximum atomic E-state index is 13.9. The van der Waals surface area contributed by atoms with Crippen molar-refractivity contribution in [1.29, 1.82) is 0 Å². The van der Waals surface area contributed by atoms with E-state index in [2.05, 4.69) is 4.98 Å². The van der Waals surface area contributed by atoms with Crippen LogP contribution in [0.4, 0.5) is 16.5 Å². The minimum absolute atomic E-state index is 0.0694. The first-order valence-corrected chi connectivity index (χ1v) is 13.7. The number of thiazole rings is 1. The molecule has 190 valence electrons. The summed E-state index contributed by atoms with van der Waals surface area (Å²) in [5.41, 5.74) is 8.03. The van der Waals surface area contributed by atoms with Crippen LogP contribution in [0.15, 0.2) is 83.2 Å². The quantitative estimate of drug-likeness (QED) is 0.359. The van der Waals surface area contributed by atoms with Crippen LogP contribution in [-0.2, 0) is 16.6 Å². The fraction of sp³-hybridized carbons (Fsp3) is 0.154. The molecule has 0 atom stereocenters. The first kappa shape index (κ1) is 24.6. The number of sulfonamides is 1. The van der Waals surface area contributed by atoms with Gasteiger partial charge in [0.25, 0.3) is 15.9 Å². The Hall–Kier alpha value is -4.09. The predicted molar refractivity (Wildman–Crippen MR) is 142 cm³/mol. The number of rotatable bonds is 8. The molecule has 0 fully saturated rings. The van der Waals surface area contributed by atoms with Crippen LogP contribution in [0.2, 0.25) is 0 Å². The first-order chi connectivity index (χ1) is 17.9. The highest BCUT2D eigenvalue weighted by Gasteiger charge is 2.30. The van der Waals surface area contributed by atoms with E-state index < -0.39 is 15.9 Å². The molecule has 2 heterocycles. The first-order valence-electron chi connectivity index (χ1n) is 11.4. The zero-order chi connectivity index (χ0) is 26.0. The molecule has 0 radical (unpaired) electrons. The molecular weight excluding hydrogens is 512 g/mol. The Morgan fingerprint density at radius 2 is 1.92 bits per heavy atom. The molecule has 9 nitrogen and oxygen atoms in total. The number of carbonyl (C=O) groups is 1. The molecule has 0 unspecified atom stereocenters. The van der Waals surface area contributed by atoms with Crippen LogP contribution in [0.3, 0.4) is 0 Å². The van der Waals surface area contributed by atoms with E-state index in [9.17, 15) is 13.2 Å². The lowest BCUT2D eigenvalue weighted by Crippen LogP contribution is -2.32. The number of nitrogens with zero attached hydrogens (tertiary/aromatic N) is 3. The van der Waals surface area contributed by atoms with Crippen LogP contribution in [-0.4, -0.2) is 39.6 Å². The fourth-order valence-corrected chi connectivity index (χ4v) is 6.44. The smallest absolute Gasteiger partial charge is 0.266 e. The van der Waals surface area contributed by atoms with E-state index in [1.165, 1.54) is 27.8 Å². The maximum Gasteiger partial charge on any atom is 0.266 e. The van der Waals surface area contributed by atoms with Gasteiger partial charge in [0.2, 0.25) is 0 Å². The Kier molecular flexibility index (Phi) is 6.72. The average molecular weight is 537 g/mol. The van der Waals surface area contributed by atoms with Gasteiger partial charge in [0.1, 0.15) is 18.1 Å². The van der Waals surface area contributed by atoms with Crippen molar-refractivity contribution in [1.82, 2.24) is 4.98 Å². The Morgan fingerprint density at radius 1 is 1.14 bits per heavy atom. The van der Waals surface area contributed by atoms with E-state index in [1.807, 2.05) is 23.1 Å². The highest BCUT2D eigenvalue weighted by molar-refractivity contribution is 7.93. The summed E-state index contributed by atoms with van der Waals surface area (Å²) in [5, 5.41) is 2.09. The van der Waals surface area contributed by atoms with Crippen molar-refractivity contribution in [3.63, 3.8) is 0 Å². The summed E-state index contributed by atoms with van der Waals surface area (Å²) in [4.78, 5) is 18.2. The number of hydrogen-bond donors (Lipinski definition) is 1. The predicted octanol–water partition coefficient (Wildman–Crippen LogP) is 4.18. The highest BCUT2D eigenvalue weighted by Crippen LogP contribution is 2.40. The van der Waals surface area contributed by atoms with Crippen molar-refractivity contribution >= 4 is 43.8 Å². The summed E-state index contributed by atoms with van der Waals surface area (Å²) in [5.74, 6) is 0.539. The molecule has 37 heavy (non-hydrogen) atoms. The lowest BCUT2D eigenvalue weighted by atomic mass is 10.1. The number of nitrogens with two attached hydrogens (primary N) is 1. The summed E-state index contributed by atoms with van der Waals surface area (Å²) >= 11 is 1.24. The van der Waals surface area contributed by atoms with Gasteiger partial charge >= 0.3 is 0 Å². The minimum atomic E-state index is -4.00. The molecule has 0 bridgehead atoms. The molecule has 0 saturated heterocycles. The molecule has 2 N–H and O–H groups in total. The molecular formula is C26H24N4O5S2. The van der Waals surface area contributed by atoms with Crippen molar-refractivity contribution in [3.8, 4) is 11.5 Å². The Balaban J connectivity index is 1.52. The summed E-state index contributed by atoms with van der Waals surface area (Å²) in [7, 11) is -2.42. The molecule has 1 amide bonds. The summed E-state index contributed by atoms with van der Waals surface area (Å²) in [6.07, 6.45) is 1.57. The Bertz CT molecular complexity index is 1520. The third-order valence-electron chi connectivity index (χ3n) is 5.96. The SMILES string of the molecule is COc1ccc(CN(c2nccs2)S(=O)(=O)c2ccc3c(c2)OCCN3c2ccccc2C(N)=O)cc1. The van der Waals surface area contributed by atoms with E-state index in [1.54, 1.807) is 55.1 Å². The number of primary amides is 1. The molecule has 1 aliphatic heterocycles. The lowest BCUT2D eigenvalue weighted by Gasteiger charge is -2.32. The second-order valence-corrected chi connectivity index (χ2v) is 10.9. The second kappa shape index (κ2) is 10.1. The van der Waals surface area contributed by atoms with Crippen molar-refractivity contribution in [3.05, 3.63) is 89.4 Å². The zero-order valence-electron chi connectivity index (χ0n) is 19.9. The fourth-order valence-electron chi connectivity index (χ4n) is 4.15.